The van der Waals surface area contributed by atoms with Crippen LogP contribution in [0.15, 0.2) is 18.2 Å². The van der Waals surface area contributed by atoms with E-state index in [1.165, 1.54) is 7.11 Å². The average molecular weight is 402 g/mol. The summed E-state index contributed by atoms with van der Waals surface area (Å²) in [7, 11) is 1.33. The van der Waals surface area contributed by atoms with Gasteiger partial charge in [0.15, 0.2) is 0 Å². The van der Waals surface area contributed by atoms with Crippen molar-refractivity contribution in [1.29, 1.82) is 0 Å². The van der Waals surface area contributed by atoms with Crippen LogP contribution in [0.4, 0.5) is 11.8 Å². The lowest BCUT2D eigenvalue weighted by atomic mass is 10.00. The Hall–Kier alpha value is -2.87. The van der Waals surface area contributed by atoms with Gasteiger partial charge in [0.2, 0.25) is 5.95 Å². The van der Waals surface area contributed by atoms with Gasteiger partial charge in [0.1, 0.15) is 11.6 Å². The molecule has 0 unspecified atom stereocenters. The number of nitrogens with one attached hydrogen (secondary N) is 1. The third kappa shape index (κ3) is 6.32. The first-order valence-electron chi connectivity index (χ1n) is 9.75. The van der Waals surface area contributed by atoms with Crippen molar-refractivity contribution in [2.24, 2.45) is 0 Å². The van der Waals surface area contributed by atoms with Gasteiger partial charge in [-0.1, -0.05) is 25.5 Å². The van der Waals surface area contributed by atoms with Crippen LogP contribution in [0.2, 0.25) is 0 Å². The van der Waals surface area contributed by atoms with Crippen molar-refractivity contribution in [3.8, 4) is 5.75 Å². The van der Waals surface area contributed by atoms with Gasteiger partial charge in [-0.2, -0.15) is 4.98 Å². The van der Waals surface area contributed by atoms with Crippen LogP contribution in [-0.2, 0) is 22.4 Å². The Morgan fingerprint density at radius 2 is 2.07 bits per heavy atom. The first-order chi connectivity index (χ1) is 13.9. The Morgan fingerprint density at radius 1 is 1.31 bits per heavy atom. The van der Waals surface area contributed by atoms with E-state index >= 15 is 0 Å². The summed E-state index contributed by atoms with van der Waals surface area (Å²) in [4.78, 5) is 20.1. The fourth-order valence-corrected chi connectivity index (χ4v) is 3.23. The van der Waals surface area contributed by atoms with E-state index in [2.05, 4.69) is 26.9 Å². The van der Waals surface area contributed by atoms with Crippen molar-refractivity contribution in [2.75, 3.05) is 24.8 Å². The topological polar surface area (TPSA) is 131 Å². The zero-order valence-electron chi connectivity index (χ0n) is 17.2. The molecule has 1 aromatic heterocycles. The number of phenolic OH excluding ortho intramolecular Hbond substituents is 1. The molecule has 158 valence electrons. The van der Waals surface area contributed by atoms with Crippen molar-refractivity contribution in [3.05, 3.63) is 40.6 Å². The molecule has 0 saturated heterocycles. The number of aryl methyl sites for hydroxylation is 1. The smallest absolute Gasteiger partial charge is 0.309 e. The van der Waals surface area contributed by atoms with Crippen molar-refractivity contribution in [3.63, 3.8) is 0 Å². The SMILES string of the molecule is CCC[C@@H](CCO)Nc1nc(N)nc(C)c1Cc1ccc(CC(=O)OC)cc1O. The van der Waals surface area contributed by atoms with Gasteiger partial charge in [0, 0.05) is 30.3 Å². The first-order valence-corrected chi connectivity index (χ1v) is 9.75. The van der Waals surface area contributed by atoms with Gasteiger partial charge in [-0.3, -0.25) is 4.79 Å². The molecule has 8 heteroatoms. The molecule has 0 aliphatic heterocycles. The summed E-state index contributed by atoms with van der Waals surface area (Å²) in [5.74, 6) is 0.511. The maximum atomic E-state index is 11.4. The second-order valence-electron chi connectivity index (χ2n) is 7.03. The van der Waals surface area contributed by atoms with Gasteiger partial charge >= 0.3 is 5.97 Å². The number of aromatic hydroxyl groups is 1. The lowest BCUT2D eigenvalue weighted by Crippen LogP contribution is -2.23. The predicted octanol–water partition coefficient (Wildman–Crippen LogP) is 2.34. The normalized spacial score (nSPS) is 11.9. The highest BCUT2D eigenvalue weighted by atomic mass is 16.5. The highest BCUT2D eigenvalue weighted by Gasteiger charge is 2.17. The molecule has 1 heterocycles. The van der Waals surface area contributed by atoms with E-state index in [1.807, 2.05) is 6.92 Å². The summed E-state index contributed by atoms with van der Waals surface area (Å²) in [6, 6.07) is 5.20. The van der Waals surface area contributed by atoms with Crippen molar-refractivity contribution >= 4 is 17.7 Å². The summed E-state index contributed by atoms with van der Waals surface area (Å²) < 4.78 is 4.66. The van der Waals surface area contributed by atoms with Crippen LogP contribution in [0.1, 0.15) is 48.6 Å². The Kier molecular flexibility index (Phi) is 8.21. The molecule has 0 spiro atoms. The van der Waals surface area contributed by atoms with Gasteiger partial charge in [0.05, 0.1) is 13.5 Å². The van der Waals surface area contributed by atoms with Gasteiger partial charge in [-0.25, -0.2) is 4.98 Å². The minimum absolute atomic E-state index is 0.0634. The number of benzene rings is 1. The average Bonchev–Trinajstić information content (AvgIpc) is 2.66. The monoisotopic (exact) mass is 402 g/mol. The molecule has 2 rings (SSSR count). The van der Waals surface area contributed by atoms with Crippen molar-refractivity contribution in [2.45, 2.75) is 52.0 Å². The van der Waals surface area contributed by atoms with Crippen LogP contribution in [0, 0.1) is 6.92 Å². The third-order valence-electron chi connectivity index (χ3n) is 4.78. The number of aliphatic hydroxyl groups is 1. The number of rotatable bonds is 10. The Morgan fingerprint density at radius 3 is 2.69 bits per heavy atom. The number of hydrogen-bond acceptors (Lipinski definition) is 8. The molecular formula is C21H30N4O4. The van der Waals surface area contributed by atoms with E-state index in [0.29, 0.717) is 29.8 Å². The molecular weight excluding hydrogens is 372 g/mol. The highest BCUT2D eigenvalue weighted by molar-refractivity contribution is 5.72. The minimum Gasteiger partial charge on any atom is -0.508 e. The van der Waals surface area contributed by atoms with Crippen LogP contribution < -0.4 is 11.1 Å². The number of ether oxygens (including phenoxy) is 1. The summed E-state index contributed by atoms with van der Waals surface area (Å²) >= 11 is 0. The Bertz CT molecular complexity index is 836. The number of aromatic nitrogens is 2. The van der Waals surface area contributed by atoms with Crippen LogP contribution in [0.25, 0.3) is 0 Å². The van der Waals surface area contributed by atoms with Crippen LogP contribution in [0.5, 0.6) is 5.75 Å². The quantitative estimate of drug-likeness (QED) is 0.446. The molecule has 29 heavy (non-hydrogen) atoms. The lowest BCUT2D eigenvalue weighted by molar-refractivity contribution is -0.139. The minimum atomic E-state index is -0.364. The van der Waals surface area contributed by atoms with Crippen LogP contribution >= 0.6 is 0 Å². The fourth-order valence-electron chi connectivity index (χ4n) is 3.23. The fraction of sp³-hybridized carbons (Fsp3) is 0.476. The molecule has 0 fully saturated rings. The van der Waals surface area contributed by atoms with E-state index in [-0.39, 0.29) is 36.7 Å². The molecule has 2 aromatic rings. The second kappa shape index (κ2) is 10.6. The molecule has 0 radical (unpaired) electrons. The summed E-state index contributed by atoms with van der Waals surface area (Å²) in [5.41, 5.74) is 8.76. The second-order valence-corrected chi connectivity index (χ2v) is 7.03. The molecule has 0 aliphatic carbocycles. The number of nitrogens with two attached hydrogens (primary N) is 1. The van der Waals surface area contributed by atoms with Gasteiger partial charge in [-0.15, -0.1) is 0 Å². The maximum Gasteiger partial charge on any atom is 0.309 e. The van der Waals surface area contributed by atoms with Gasteiger partial charge < -0.3 is 26.0 Å². The number of nitrogens with zero attached hydrogens (tertiary/aromatic N) is 2. The number of anilines is 2. The summed E-state index contributed by atoms with van der Waals surface area (Å²) in [5, 5.41) is 23.2. The molecule has 5 N–H and O–H groups in total. The summed E-state index contributed by atoms with van der Waals surface area (Å²) in [6.45, 7) is 4.01. The number of methoxy groups -OCH3 is 1. The highest BCUT2D eigenvalue weighted by Crippen LogP contribution is 2.28. The largest absolute Gasteiger partial charge is 0.508 e. The first kappa shape index (κ1) is 22.4. The molecule has 1 atom stereocenters. The molecule has 0 aliphatic rings. The number of nitrogen functional groups attached to an aromatic ring is 1. The number of hydrogen-bond donors (Lipinski definition) is 4. The Balaban J connectivity index is 2.31. The third-order valence-corrected chi connectivity index (χ3v) is 4.78. The standard InChI is InChI=1S/C21H30N4O4/c1-4-5-16(8-9-26)24-20-17(13(2)23-21(22)25-20)12-15-7-6-14(10-18(15)27)11-19(28)29-3/h6-7,10,16,26-27H,4-5,8-9,11-12H2,1-3H3,(H3,22,23,24,25)/t16-/m0/s1. The van der Waals surface area contributed by atoms with Crippen LogP contribution in [0.3, 0.4) is 0 Å². The van der Waals surface area contributed by atoms with Crippen molar-refractivity contribution in [1.82, 2.24) is 9.97 Å². The van der Waals surface area contributed by atoms with E-state index in [0.717, 1.165) is 24.1 Å². The maximum absolute atomic E-state index is 11.4. The van der Waals surface area contributed by atoms with Gasteiger partial charge in [0.25, 0.3) is 0 Å². The van der Waals surface area contributed by atoms with E-state index in [4.69, 9.17) is 5.73 Å². The van der Waals surface area contributed by atoms with E-state index < -0.39 is 0 Å². The Labute approximate surface area is 171 Å². The number of phenols is 1. The number of esters is 1. The molecule has 0 saturated carbocycles. The van der Waals surface area contributed by atoms with E-state index in [1.54, 1.807) is 18.2 Å². The van der Waals surface area contributed by atoms with Gasteiger partial charge in [-0.05, 0) is 37.0 Å². The number of carbonyl (C=O) groups is 1. The van der Waals surface area contributed by atoms with Crippen molar-refractivity contribution < 1.29 is 19.7 Å². The molecule has 8 nitrogen and oxygen atoms in total. The predicted molar refractivity (Wildman–Crippen MR) is 112 cm³/mol. The zero-order chi connectivity index (χ0) is 21.4. The molecule has 0 bridgehead atoms. The number of aliphatic hydroxyl groups excluding tert-OH is 1. The summed E-state index contributed by atoms with van der Waals surface area (Å²) in [6.07, 6.45) is 2.95. The number of carbonyl (C=O) groups excluding carboxylic acids is 1. The zero-order valence-corrected chi connectivity index (χ0v) is 17.2. The van der Waals surface area contributed by atoms with E-state index in [9.17, 15) is 15.0 Å². The lowest BCUT2D eigenvalue weighted by Gasteiger charge is -2.21. The van der Waals surface area contributed by atoms with Crippen LogP contribution in [-0.4, -0.2) is 45.9 Å². The molecule has 0 amide bonds. The molecule has 1 aromatic carbocycles.